The van der Waals surface area contributed by atoms with Crippen LogP contribution < -0.4 is 5.73 Å². The van der Waals surface area contributed by atoms with E-state index in [0.29, 0.717) is 6.54 Å². The predicted octanol–water partition coefficient (Wildman–Crippen LogP) is 1.49. The first-order chi connectivity index (χ1) is 7.02. The number of pyridine rings is 1. The van der Waals surface area contributed by atoms with Crippen molar-refractivity contribution in [2.24, 2.45) is 5.73 Å². The Morgan fingerprint density at radius 1 is 1.40 bits per heavy atom. The third kappa shape index (κ3) is 1.72. The number of nitrogens with two attached hydrogens (primary N) is 1. The van der Waals surface area contributed by atoms with Gasteiger partial charge in [0.05, 0.1) is 0 Å². The Kier molecular flexibility index (Phi) is 2.23. The largest absolute Gasteiger partial charge is 0.326 e. The molecule has 0 aliphatic heterocycles. The summed E-state index contributed by atoms with van der Waals surface area (Å²) in [4.78, 5) is 4.18. The first-order valence-corrected chi connectivity index (χ1v) is 5.05. The molecule has 0 atom stereocenters. The van der Waals surface area contributed by atoms with Gasteiger partial charge in [0, 0.05) is 18.3 Å². The minimum Gasteiger partial charge on any atom is -0.326 e. The second kappa shape index (κ2) is 3.31. The quantitative estimate of drug-likeness (QED) is 0.765. The second-order valence-corrected chi connectivity index (χ2v) is 4.74. The van der Waals surface area contributed by atoms with Crippen LogP contribution in [-0.4, -0.2) is 14.6 Å². The summed E-state index contributed by atoms with van der Waals surface area (Å²) in [6.45, 7) is 7.01. The van der Waals surface area contributed by atoms with E-state index in [1.807, 2.05) is 6.20 Å². The minimum absolute atomic E-state index is 0.101. The fraction of sp³-hybridized carbons (Fsp3) is 0.455. The highest BCUT2D eigenvalue weighted by Gasteiger charge is 2.16. The number of hydrogen-bond acceptors (Lipinski definition) is 3. The van der Waals surface area contributed by atoms with Gasteiger partial charge in [0.25, 0.3) is 0 Å². The van der Waals surface area contributed by atoms with Crippen LogP contribution >= 0.6 is 0 Å². The van der Waals surface area contributed by atoms with Crippen molar-refractivity contribution in [1.82, 2.24) is 14.6 Å². The minimum atomic E-state index is 0.101. The Labute approximate surface area is 89.1 Å². The maximum Gasteiger partial charge on any atom is 0.159 e. The van der Waals surface area contributed by atoms with Crippen molar-refractivity contribution < 1.29 is 0 Å². The van der Waals surface area contributed by atoms with Crippen LogP contribution in [0, 0.1) is 0 Å². The van der Waals surface area contributed by atoms with Crippen molar-refractivity contribution in [2.75, 3.05) is 0 Å². The molecular formula is C11H16N4. The molecule has 0 aliphatic rings. The van der Waals surface area contributed by atoms with Gasteiger partial charge in [0.2, 0.25) is 0 Å². The molecular weight excluding hydrogens is 188 g/mol. The molecule has 0 amide bonds. The molecule has 2 aromatic heterocycles. The average molecular weight is 204 g/mol. The van der Waals surface area contributed by atoms with Crippen LogP contribution in [0.4, 0.5) is 0 Å². The van der Waals surface area contributed by atoms with E-state index in [4.69, 9.17) is 5.73 Å². The van der Waals surface area contributed by atoms with Crippen LogP contribution in [-0.2, 0) is 12.0 Å². The topological polar surface area (TPSA) is 56.2 Å². The summed E-state index contributed by atoms with van der Waals surface area (Å²) in [5.74, 6) is 0. The zero-order valence-electron chi connectivity index (χ0n) is 9.36. The molecule has 0 fully saturated rings. The molecule has 2 aromatic rings. The number of nitrogens with zero attached hydrogens (tertiary/aromatic N) is 3. The highest BCUT2D eigenvalue weighted by Crippen LogP contribution is 2.23. The van der Waals surface area contributed by atoms with Crippen molar-refractivity contribution in [1.29, 1.82) is 0 Å². The smallest absolute Gasteiger partial charge is 0.159 e. The SMILES string of the molecule is CC(C)(C)c1cc(CN)c2ncnn2c1. The van der Waals surface area contributed by atoms with Gasteiger partial charge in [-0.25, -0.2) is 9.50 Å². The summed E-state index contributed by atoms with van der Waals surface area (Å²) >= 11 is 0. The van der Waals surface area contributed by atoms with Crippen LogP contribution in [0.3, 0.4) is 0 Å². The molecule has 0 saturated carbocycles. The predicted molar refractivity (Wildman–Crippen MR) is 59.6 cm³/mol. The summed E-state index contributed by atoms with van der Waals surface area (Å²) in [7, 11) is 0. The zero-order chi connectivity index (χ0) is 11.1. The van der Waals surface area contributed by atoms with Gasteiger partial charge >= 0.3 is 0 Å². The Morgan fingerprint density at radius 2 is 2.13 bits per heavy atom. The molecule has 2 N–H and O–H groups in total. The van der Waals surface area contributed by atoms with Gasteiger partial charge in [-0.2, -0.15) is 5.10 Å². The van der Waals surface area contributed by atoms with Crippen LogP contribution in [0.15, 0.2) is 18.6 Å². The Hall–Kier alpha value is -1.42. The normalized spacial score (nSPS) is 12.3. The fourth-order valence-electron chi connectivity index (χ4n) is 1.56. The molecule has 0 aliphatic carbocycles. The highest BCUT2D eigenvalue weighted by molar-refractivity contribution is 5.48. The lowest BCUT2D eigenvalue weighted by Gasteiger charge is -2.19. The van der Waals surface area contributed by atoms with Crippen molar-refractivity contribution in [3.63, 3.8) is 0 Å². The first kappa shape index (κ1) is 10.1. The van der Waals surface area contributed by atoms with E-state index in [2.05, 4.69) is 36.9 Å². The van der Waals surface area contributed by atoms with Gasteiger partial charge in [0.1, 0.15) is 6.33 Å². The Bertz CT molecular complexity index is 479. The van der Waals surface area contributed by atoms with Crippen LogP contribution in [0.25, 0.3) is 5.65 Å². The van der Waals surface area contributed by atoms with Crippen molar-refractivity contribution in [3.8, 4) is 0 Å². The molecule has 80 valence electrons. The van der Waals surface area contributed by atoms with Crippen LogP contribution in [0.5, 0.6) is 0 Å². The van der Waals surface area contributed by atoms with Gasteiger partial charge in [-0.05, 0) is 17.0 Å². The van der Waals surface area contributed by atoms with E-state index in [1.54, 1.807) is 10.8 Å². The summed E-state index contributed by atoms with van der Waals surface area (Å²) in [5.41, 5.74) is 8.92. The summed E-state index contributed by atoms with van der Waals surface area (Å²) in [6.07, 6.45) is 3.57. The molecule has 4 heteroatoms. The molecule has 0 aromatic carbocycles. The van der Waals surface area contributed by atoms with E-state index in [1.165, 1.54) is 5.56 Å². The zero-order valence-corrected chi connectivity index (χ0v) is 9.36. The lowest BCUT2D eigenvalue weighted by molar-refractivity contribution is 0.583. The van der Waals surface area contributed by atoms with Gasteiger partial charge < -0.3 is 5.73 Å². The molecule has 0 bridgehead atoms. The van der Waals surface area contributed by atoms with Gasteiger partial charge in [-0.3, -0.25) is 0 Å². The van der Waals surface area contributed by atoms with Gasteiger partial charge in [-0.15, -0.1) is 0 Å². The third-order valence-corrected chi connectivity index (χ3v) is 2.54. The van der Waals surface area contributed by atoms with E-state index in [-0.39, 0.29) is 5.41 Å². The lowest BCUT2D eigenvalue weighted by Crippen LogP contribution is -2.14. The number of hydrogen-bond donors (Lipinski definition) is 1. The maximum atomic E-state index is 5.71. The number of aromatic nitrogens is 3. The third-order valence-electron chi connectivity index (χ3n) is 2.54. The molecule has 0 saturated heterocycles. The average Bonchev–Trinajstić information content (AvgIpc) is 2.62. The molecule has 0 radical (unpaired) electrons. The molecule has 15 heavy (non-hydrogen) atoms. The molecule has 0 spiro atoms. The van der Waals surface area contributed by atoms with E-state index in [9.17, 15) is 0 Å². The number of fused-ring (bicyclic) bond motifs is 1. The van der Waals surface area contributed by atoms with Crippen molar-refractivity contribution >= 4 is 5.65 Å². The summed E-state index contributed by atoms with van der Waals surface area (Å²) in [6, 6.07) is 2.12. The van der Waals surface area contributed by atoms with Crippen LogP contribution in [0.1, 0.15) is 31.9 Å². The van der Waals surface area contributed by atoms with Crippen LogP contribution in [0.2, 0.25) is 0 Å². The summed E-state index contributed by atoms with van der Waals surface area (Å²) < 4.78 is 1.79. The number of rotatable bonds is 1. The highest BCUT2D eigenvalue weighted by atomic mass is 15.3. The maximum absolute atomic E-state index is 5.71. The molecule has 0 unspecified atom stereocenters. The first-order valence-electron chi connectivity index (χ1n) is 5.05. The second-order valence-electron chi connectivity index (χ2n) is 4.74. The monoisotopic (exact) mass is 204 g/mol. The lowest BCUT2D eigenvalue weighted by atomic mass is 9.87. The van der Waals surface area contributed by atoms with Gasteiger partial charge in [-0.1, -0.05) is 20.8 Å². The fourth-order valence-corrected chi connectivity index (χ4v) is 1.56. The standard InChI is InChI=1S/C11H16N4/c1-11(2,3)9-4-8(5-12)10-13-7-14-15(10)6-9/h4,6-7H,5,12H2,1-3H3. The Morgan fingerprint density at radius 3 is 2.73 bits per heavy atom. The molecule has 2 rings (SSSR count). The molecule has 4 nitrogen and oxygen atoms in total. The van der Waals surface area contributed by atoms with Crippen molar-refractivity contribution in [3.05, 3.63) is 29.7 Å². The Balaban J connectivity index is 2.69. The molecule has 2 heterocycles. The van der Waals surface area contributed by atoms with E-state index < -0.39 is 0 Å². The van der Waals surface area contributed by atoms with E-state index in [0.717, 1.165) is 11.2 Å². The summed E-state index contributed by atoms with van der Waals surface area (Å²) in [5, 5.41) is 4.15. The van der Waals surface area contributed by atoms with Gasteiger partial charge in [0.15, 0.2) is 5.65 Å². The van der Waals surface area contributed by atoms with Crippen molar-refractivity contribution in [2.45, 2.75) is 32.7 Å². The van der Waals surface area contributed by atoms with E-state index >= 15 is 0 Å².